The molecule has 1 aromatic rings. The van der Waals surface area contributed by atoms with Gasteiger partial charge in [0.15, 0.2) is 0 Å². The number of amides is 1. The number of carbonyl (C=O) groups is 1. The van der Waals surface area contributed by atoms with Gasteiger partial charge in [0.05, 0.1) is 0 Å². The number of nitrogens with two attached hydrogens (primary N) is 1. The van der Waals surface area contributed by atoms with Gasteiger partial charge in [0.25, 0.3) is 0 Å². The van der Waals surface area contributed by atoms with E-state index in [2.05, 4.69) is 10.1 Å². The van der Waals surface area contributed by atoms with Crippen molar-refractivity contribution in [3.63, 3.8) is 0 Å². The Labute approximate surface area is 82.7 Å². The first kappa shape index (κ1) is 10.5. The van der Waals surface area contributed by atoms with Crippen LogP contribution in [0, 0.1) is 0 Å². The number of nitrogens with zero attached hydrogens (tertiary/aromatic N) is 4. The van der Waals surface area contributed by atoms with Crippen LogP contribution in [0.25, 0.3) is 0 Å². The minimum absolute atomic E-state index is 0.0277. The Morgan fingerprint density at radius 3 is 2.64 bits per heavy atom. The van der Waals surface area contributed by atoms with Crippen molar-refractivity contribution >= 4 is 11.9 Å². The van der Waals surface area contributed by atoms with Crippen molar-refractivity contribution < 1.29 is 4.79 Å². The second kappa shape index (κ2) is 4.59. The monoisotopic (exact) mass is 197 g/mol. The highest BCUT2D eigenvalue weighted by molar-refractivity contribution is 5.75. The number of carbonyl (C=O) groups excluding carboxylic acids is 1. The second-order valence-corrected chi connectivity index (χ2v) is 2.87. The lowest BCUT2D eigenvalue weighted by molar-refractivity contribution is -0.131. The van der Waals surface area contributed by atoms with E-state index in [0.717, 1.165) is 0 Å². The van der Waals surface area contributed by atoms with Crippen LogP contribution in [0.5, 0.6) is 0 Å². The van der Waals surface area contributed by atoms with Crippen LogP contribution in [0.1, 0.15) is 13.8 Å². The van der Waals surface area contributed by atoms with E-state index < -0.39 is 0 Å². The molecule has 0 atom stereocenters. The molecule has 0 saturated carbocycles. The lowest BCUT2D eigenvalue weighted by Crippen LogP contribution is -2.33. The third-order valence-corrected chi connectivity index (χ3v) is 1.97. The van der Waals surface area contributed by atoms with Crippen molar-refractivity contribution in [3.05, 3.63) is 6.33 Å². The van der Waals surface area contributed by atoms with Crippen molar-refractivity contribution in [2.24, 2.45) is 0 Å². The summed E-state index contributed by atoms with van der Waals surface area (Å²) in [6, 6.07) is 0. The molecule has 0 saturated heterocycles. The minimum Gasteiger partial charge on any atom is -0.367 e. The van der Waals surface area contributed by atoms with Gasteiger partial charge in [-0.1, -0.05) is 0 Å². The average molecular weight is 197 g/mol. The van der Waals surface area contributed by atoms with Crippen molar-refractivity contribution in [2.45, 2.75) is 20.4 Å². The summed E-state index contributed by atoms with van der Waals surface area (Å²) >= 11 is 0. The zero-order valence-electron chi connectivity index (χ0n) is 8.47. The van der Waals surface area contributed by atoms with Gasteiger partial charge in [0.1, 0.15) is 12.9 Å². The molecule has 2 N–H and O–H groups in total. The molecule has 14 heavy (non-hydrogen) atoms. The lowest BCUT2D eigenvalue weighted by atomic mass is 10.4. The van der Waals surface area contributed by atoms with Crippen LogP contribution in [0.2, 0.25) is 0 Å². The SMILES string of the molecule is CCN(CC)C(=O)Cn1cnc(N)n1. The van der Waals surface area contributed by atoms with E-state index in [1.54, 1.807) is 4.90 Å². The third-order valence-electron chi connectivity index (χ3n) is 1.97. The van der Waals surface area contributed by atoms with E-state index in [4.69, 9.17) is 5.73 Å². The molecule has 1 amide bonds. The number of hydrogen-bond acceptors (Lipinski definition) is 4. The smallest absolute Gasteiger partial charge is 0.244 e. The van der Waals surface area contributed by atoms with Gasteiger partial charge in [0, 0.05) is 13.1 Å². The Morgan fingerprint density at radius 1 is 1.57 bits per heavy atom. The highest BCUT2D eigenvalue weighted by Gasteiger charge is 2.10. The van der Waals surface area contributed by atoms with E-state index in [-0.39, 0.29) is 18.4 Å². The fourth-order valence-corrected chi connectivity index (χ4v) is 1.20. The first-order chi connectivity index (χ1) is 6.67. The van der Waals surface area contributed by atoms with Gasteiger partial charge in [-0.25, -0.2) is 9.67 Å². The largest absolute Gasteiger partial charge is 0.367 e. The average Bonchev–Trinajstić information content (AvgIpc) is 2.53. The Bertz CT molecular complexity index is 304. The predicted octanol–water partition coefficient (Wildman–Crippen LogP) is -0.271. The summed E-state index contributed by atoms with van der Waals surface area (Å²) in [6.45, 7) is 5.50. The topological polar surface area (TPSA) is 77.0 Å². The van der Waals surface area contributed by atoms with Crippen LogP contribution >= 0.6 is 0 Å². The van der Waals surface area contributed by atoms with Crippen molar-refractivity contribution in [3.8, 4) is 0 Å². The normalized spacial score (nSPS) is 10.1. The molecule has 78 valence electrons. The van der Waals surface area contributed by atoms with Crippen LogP contribution in [-0.2, 0) is 11.3 Å². The molecule has 6 heteroatoms. The summed E-state index contributed by atoms with van der Waals surface area (Å²) in [6.07, 6.45) is 1.46. The number of nitrogen functional groups attached to an aromatic ring is 1. The summed E-state index contributed by atoms with van der Waals surface area (Å²) in [5.41, 5.74) is 5.33. The van der Waals surface area contributed by atoms with Gasteiger partial charge >= 0.3 is 0 Å². The maximum Gasteiger partial charge on any atom is 0.244 e. The molecule has 1 aromatic heterocycles. The number of hydrogen-bond donors (Lipinski definition) is 1. The fraction of sp³-hybridized carbons (Fsp3) is 0.625. The van der Waals surface area contributed by atoms with E-state index in [0.29, 0.717) is 13.1 Å². The Balaban J connectivity index is 2.56. The molecule has 1 heterocycles. The van der Waals surface area contributed by atoms with E-state index in [1.165, 1.54) is 11.0 Å². The van der Waals surface area contributed by atoms with Gasteiger partial charge in [0.2, 0.25) is 11.9 Å². The molecule has 0 unspecified atom stereocenters. The van der Waals surface area contributed by atoms with Crippen LogP contribution in [0.3, 0.4) is 0 Å². The molecule has 0 fully saturated rings. The second-order valence-electron chi connectivity index (χ2n) is 2.87. The summed E-state index contributed by atoms with van der Waals surface area (Å²) in [4.78, 5) is 17.1. The summed E-state index contributed by atoms with van der Waals surface area (Å²) in [5.74, 6) is 0.220. The number of aromatic nitrogens is 3. The summed E-state index contributed by atoms with van der Waals surface area (Å²) in [7, 11) is 0. The number of anilines is 1. The molecule has 0 spiro atoms. The van der Waals surface area contributed by atoms with Gasteiger partial charge < -0.3 is 10.6 Å². The first-order valence-electron chi connectivity index (χ1n) is 4.60. The van der Waals surface area contributed by atoms with Crippen LogP contribution in [0.4, 0.5) is 5.95 Å². The van der Waals surface area contributed by atoms with Crippen molar-refractivity contribution in [2.75, 3.05) is 18.8 Å². The van der Waals surface area contributed by atoms with Crippen LogP contribution in [0.15, 0.2) is 6.33 Å². The molecular weight excluding hydrogens is 182 g/mol. The molecule has 0 aliphatic rings. The highest BCUT2D eigenvalue weighted by Crippen LogP contribution is 1.94. The third kappa shape index (κ3) is 2.45. The molecular formula is C8H15N5O. The molecule has 0 aliphatic carbocycles. The highest BCUT2D eigenvalue weighted by atomic mass is 16.2. The standard InChI is InChI=1S/C8H15N5O/c1-3-12(4-2)7(14)5-13-6-10-8(9)11-13/h6H,3-5H2,1-2H3,(H2,9,11). The lowest BCUT2D eigenvalue weighted by Gasteiger charge is -2.17. The molecule has 6 nitrogen and oxygen atoms in total. The zero-order chi connectivity index (χ0) is 10.6. The van der Waals surface area contributed by atoms with Gasteiger partial charge in [-0.3, -0.25) is 4.79 Å². The quantitative estimate of drug-likeness (QED) is 0.720. The molecule has 1 rings (SSSR count). The maximum atomic E-state index is 11.6. The molecule has 0 aromatic carbocycles. The van der Waals surface area contributed by atoms with E-state index >= 15 is 0 Å². The molecule has 0 bridgehead atoms. The maximum absolute atomic E-state index is 11.6. The first-order valence-corrected chi connectivity index (χ1v) is 4.60. The van der Waals surface area contributed by atoms with Gasteiger partial charge in [-0.15, -0.1) is 5.10 Å². The number of likely N-dealkylation sites (N-methyl/N-ethyl adjacent to an activating group) is 1. The van der Waals surface area contributed by atoms with Crippen molar-refractivity contribution in [1.29, 1.82) is 0 Å². The summed E-state index contributed by atoms with van der Waals surface area (Å²) < 4.78 is 1.44. The van der Waals surface area contributed by atoms with Crippen LogP contribution < -0.4 is 5.73 Å². The Morgan fingerprint density at radius 2 is 2.21 bits per heavy atom. The minimum atomic E-state index is 0.0277. The number of rotatable bonds is 4. The Hall–Kier alpha value is -1.59. The van der Waals surface area contributed by atoms with Gasteiger partial charge in [-0.05, 0) is 13.8 Å². The van der Waals surface area contributed by atoms with E-state index in [9.17, 15) is 4.79 Å². The zero-order valence-corrected chi connectivity index (χ0v) is 8.47. The predicted molar refractivity (Wildman–Crippen MR) is 52.4 cm³/mol. The van der Waals surface area contributed by atoms with E-state index in [1.807, 2.05) is 13.8 Å². The summed E-state index contributed by atoms with van der Waals surface area (Å²) in [5, 5.41) is 3.84. The fourth-order valence-electron chi connectivity index (χ4n) is 1.20. The Kier molecular flexibility index (Phi) is 3.44. The van der Waals surface area contributed by atoms with Gasteiger partial charge in [-0.2, -0.15) is 0 Å². The van der Waals surface area contributed by atoms with Crippen LogP contribution in [-0.4, -0.2) is 38.7 Å². The molecule has 0 radical (unpaired) electrons. The van der Waals surface area contributed by atoms with Crippen molar-refractivity contribution in [1.82, 2.24) is 19.7 Å². The molecule has 0 aliphatic heterocycles.